The lowest BCUT2D eigenvalue weighted by molar-refractivity contribution is -0.130. The Bertz CT molecular complexity index is 1130. The smallest absolute Gasteiger partial charge is 0.262 e. The van der Waals surface area contributed by atoms with Crippen LogP contribution in [0.25, 0.3) is 11.3 Å². The van der Waals surface area contributed by atoms with Gasteiger partial charge >= 0.3 is 0 Å². The second-order valence-electron chi connectivity index (χ2n) is 7.94. The molecule has 0 bridgehead atoms. The number of carbonyl (C=O) groups is 2. The number of furan rings is 1. The van der Waals surface area contributed by atoms with E-state index >= 15 is 0 Å². The number of benzene rings is 2. The fourth-order valence-corrected chi connectivity index (χ4v) is 3.30. The van der Waals surface area contributed by atoms with Crippen LogP contribution in [0.15, 0.2) is 70.2 Å². The van der Waals surface area contributed by atoms with E-state index in [2.05, 4.69) is 15.8 Å². The Morgan fingerprint density at radius 2 is 1.65 bits per heavy atom. The van der Waals surface area contributed by atoms with Crippen LogP contribution in [0.4, 0.5) is 0 Å². The summed E-state index contributed by atoms with van der Waals surface area (Å²) in [7, 11) is 0. The molecule has 1 atom stereocenters. The van der Waals surface area contributed by atoms with Gasteiger partial charge in [-0.15, -0.1) is 0 Å². The van der Waals surface area contributed by atoms with E-state index in [4.69, 9.17) is 32.4 Å². The minimum absolute atomic E-state index is 0.171. The summed E-state index contributed by atoms with van der Waals surface area (Å²) in [4.78, 5) is 25.0. The van der Waals surface area contributed by atoms with Crippen LogP contribution in [0.5, 0.6) is 5.75 Å². The topological polar surface area (TPSA) is 92.9 Å². The van der Waals surface area contributed by atoms with Crippen molar-refractivity contribution in [2.24, 2.45) is 11.0 Å². The van der Waals surface area contributed by atoms with E-state index in [0.717, 1.165) is 5.56 Å². The van der Waals surface area contributed by atoms with Gasteiger partial charge in [-0.3, -0.25) is 9.59 Å². The number of hydrazone groups is 1. The number of rotatable bonds is 10. The van der Waals surface area contributed by atoms with Crippen LogP contribution in [-0.2, 0) is 9.59 Å². The summed E-state index contributed by atoms with van der Waals surface area (Å²) in [5, 5.41) is 7.87. The zero-order valence-electron chi connectivity index (χ0n) is 18.8. The standard InChI is InChI=1S/C25H25Cl2N3O4/c1-16(2)13-22(29-24(31)15-33-20-9-7-19(27)8-10-20)25(32)30-28-14-21-11-12-23(34-21)17-3-5-18(26)6-4-17/h3-12,14,16,22H,13,15H2,1-2H3,(H,29,31)(H,30,32)/b28-14-/t22-/m1/s1. The number of nitrogens with one attached hydrogen (secondary N) is 2. The molecule has 0 aliphatic rings. The van der Waals surface area contributed by atoms with E-state index in [0.29, 0.717) is 33.7 Å². The molecule has 1 heterocycles. The molecule has 3 aromatic rings. The Morgan fingerprint density at radius 3 is 2.29 bits per heavy atom. The fourth-order valence-electron chi connectivity index (χ4n) is 3.05. The predicted molar refractivity (Wildman–Crippen MR) is 133 cm³/mol. The number of ether oxygens (including phenoxy) is 1. The maximum atomic E-state index is 12.6. The van der Waals surface area contributed by atoms with Gasteiger partial charge < -0.3 is 14.5 Å². The van der Waals surface area contributed by atoms with Gasteiger partial charge in [0, 0.05) is 15.6 Å². The minimum atomic E-state index is -0.764. The molecule has 0 fully saturated rings. The quantitative estimate of drug-likeness (QED) is 0.290. The molecule has 2 N–H and O–H groups in total. The van der Waals surface area contributed by atoms with Gasteiger partial charge in [-0.1, -0.05) is 37.0 Å². The van der Waals surface area contributed by atoms with Crippen molar-refractivity contribution in [3.8, 4) is 17.1 Å². The molecule has 0 aliphatic carbocycles. The summed E-state index contributed by atoms with van der Waals surface area (Å²) in [5.74, 6) is 0.934. The zero-order chi connectivity index (χ0) is 24.5. The molecular weight excluding hydrogens is 477 g/mol. The molecular formula is C25H25Cl2N3O4. The first kappa shape index (κ1) is 25.3. The molecule has 2 amide bonds. The van der Waals surface area contributed by atoms with E-state index < -0.39 is 17.9 Å². The van der Waals surface area contributed by atoms with Crippen molar-refractivity contribution < 1.29 is 18.7 Å². The normalized spacial score (nSPS) is 12.0. The monoisotopic (exact) mass is 501 g/mol. The molecule has 0 radical (unpaired) electrons. The first-order chi connectivity index (χ1) is 16.3. The highest BCUT2D eigenvalue weighted by Crippen LogP contribution is 2.23. The Balaban J connectivity index is 1.54. The van der Waals surface area contributed by atoms with Crippen LogP contribution in [0.2, 0.25) is 10.0 Å². The van der Waals surface area contributed by atoms with Gasteiger partial charge in [-0.25, -0.2) is 5.43 Å². The molecule has 178 valence electrons. The molecule has 1 aromatic heterocycles. The first-order valence-electron chi connectivity index (χ1n) is 10.7. The zero-order valence-corrected chi connectivity index (χ0v) is 20.3. The van der Waals surface area contributed by atoms with Crippen molar-refractivity contribution in [1.29, 1.82) is 0 Å². The highest BCUT2D eigenvalue weighted by Gasteiger charge is 2.22. The number of hydrogen-bond donors (Lipinski definition) is 2. The van der Waals surface area contributed by atoms with Crippen molar-refractivity contribution in [2.45, 2.75) is 26.3 Å². The van der Waals surface area contributed by atoms with Crippen LogP contribution in [0.3, 0.4) is 0 Å². The molecule has 0 saturated carbocycles. The number of nitrogens with zero attached hydrogens (tertiary/aromatic N) is 1. The summed E-state index contributed by atoms with van der Waals surface area (Å²) in [6.45, 7) is 3.69. The maximum absolute atomic E-state index is 12.6. The summed E-state index contributed by atoms with van der Waals surface area (Å²) < 4.78 is 11.2. The van der Waals surface area contributed by atoms with Crippen molar-refractivity contribution in [1.82, 2.24) is 10.7 Å². The third kappa shape index (κ3) is 7.93. The second-order valence-corrected chi connectivity index (χ2v) is 8.81. The number of hydrogen-bond acceptors (Lipinski definition) is 5. The highest BCUT2D eigenvalue weighted by molar-refractivity contribution is 6.30. The van der Waals surface area contributed by atoms with Crippen LogP contribution in [0, 0.1) is 5.92 Å². The summed E-state index contributed by atoms with van der Waals surface area (Å²) in [6, 6.07) is 16.7. The molecule has 7 nitrogen and oxygen atoms in total. The predicted octanol–water partition coefficient (Wildman–Crippen LogP) is 5.31. The van der Waals surface area contributed by atoms with E-state index in [1.807, 2.05) is 26.0 Å². The van der Waals surface area contributed by atoms with Crippen LogP contribution in [0.1, 0.15) is 26.0 Å². The summed E-state index contributed by atoms with van der Waals surface area (Å²) in [5.41, 5.74) is 3.33. The van der Waals surface area contributed by atoms with Gasteiger partial charge in [0.05, 0.1) is 6.21 Å². The summed E-state index contributed by atoms with van der Waals surface area (Å²) >= 11 is 11.8. The lowest BCUT2D eigenvalue weighted by atomic mass is 10.0. The van der Waals surface area contributed by atoms with Gasteiger partial charge in [-0.2, -0.15) is 5.10 Å². The second kappa shape index (κ2) is 12.3. The Hall–Kier alpha value is -3.29. The van der Waals surface area contributed by atoms with Crippen molar-refractivity contribution >= 4 is 41.2 Å². The third-order valence-corrected chi connectivity index (χ3v) is 5.17. The molecule has 2 aromatic carbocycles. The lowest BCUT2D eigenvalue weighted by Crippen LogP contribution is -2.47. The highest BCUT2D eigenvalue weighted by atomic mass is 35.5. The van der Waals surface area contributed by atoms with E-state index in [1.165, 1.54) is 6.21 Å². The molecule has 0 unspecified atom stereocenters. The van der Waals surface area contributed by atoms with Gasteiger partial charge in [0.15, 0.2) is 6.61 Å². The van der Waals surface area contributed by atoms with Crippen molar-refractivity contribution in [2.75, 3.05) is 6.61 Å². The van der Waals surface area contributed by atoms with E-state index in [-0.39, 0.29) is 12.5 Å². The van der Waals surface area contributed by atoms with Crippen LogP contribution < -0.4 is 15.5 Å². The Labute approximate surface area is 208 Å². The number of carbonyl (C=O) groups excluding carboxylic acids is 2. The molecule has 0 spiro atoms. The molecule has 3 rings (SSSR count). The molecule has 9 heteroatoms. The Kier molecular flexibility index (Phi) is 9.13. The average molecular weight is 502 g/mol. The fraction of sp³-hybridized carbons (Fsp3) is 0.240. The third-order valence-electron chi connectivity index (χ3n) is 4.66. The van der Waals surface area contributed by atoms with Gasteiger partial charge in [-0.05, 0) is 73.0 Å². The van der Waals surface area contributed by atoms with Crippen LogP contribution in [-0.4, -0.2) is 30.7 Å². The van der Waals surface area contributed by atoms with Gasteiger partial charge in [0.2, 0.25) is 0 Å². The number of halogens is 2. The van der Waals surface area contributed by atoms with Crippen LogP contribution >= 0.6 is 23.2 Å². The largest absolute Gasteiger partial charge is 0.484 e. The van der Waals surface area contributed by atoms with Gasteiger partial charge in [0.1, 0.15) is 23.3 Å². The SMILES string of the molecule is CC(C)C[C@@H](NC(=O)COc1ccc(Cl)cc1)C(=O)N/N=C\c1ccc(-c2ccc(Cl)cc2)o1. The van der Waals surface area contributed by atoms with Crippen molar-refractivity contribution in [3.63, 3.8) is 0 Å². The average Bonchev–Trinajstić information content (AvgIpc) is 3.27. The first-order valence-corrected chi connectivity index (χ1v) is 11.4. The Morgan fingerprint density at radius 1 is 1.00 bits per heavy atom. The molecule has 0 aliphatic heterocycles. The lowest BCUT2D eigenvalue weighted by Gasteiger charge is -2.19. The van der Waals surface area contributed by atoms with E-state index in [9.17, 15) is 9.59 Å². The number of amides is 2. The molecule has 0 saturated heterocycles. The summed E-state index contributed by atoms with van der Waals surface area (Å²) in [6.07, 6.45) is 1.84. The van der Waals surface area contributed by atoms with Gasteiger partial charge in [0.25, 0.3) is 11.8 Å². The van der Waals surface area contributed by atoms with E-state index in [1.54, 1.807) is 48.5 Å². The van der Waals surface area contributed by atoms with Crippen molar-refractivity contribution in [3.05, 3.63) is 76.5 Å². The maximum Gasteiger partial charge on any atom is 0.262 e. The molecule has 34 heavy (non-hydrogen) atoms. The minimum Gasteiger partial charge on any atom is -0.484 e.